The molecule has 116 valence electrons. The van der Waals surface area contributed by atoms with Crippen LogP contribution in [0.15, 0.2) is 22.7 Å². The van der Waals surface area contributed by atoms with E-state index in [4.69, 9.17) is 0 Å². The standard InChI is InChI=1S/C15H17BrF3NO/c1-9-5-6-13(16)12(7-9)14(21)20-11-4-2-3-10(8-11)15(17,18)19/h5-7,10-11H,2-4,8H2,1H3,(H,20,21). The number of rotatable bonds is 2. The zero-order valence-corrected chi connectivity index (χ0v) is 13.2. The van der Waals surface area contributed by atoms with Gasteiger partial charge in [0.15, 0.2) is 0 Å². The minimum absolute atomic E-state index is 0.0291. The van der Waals surface area contributed by atoms with Crippen LogP contribution in [0.2, 0.25) is 0 Å². The van der Waals surface area contributed by atoms with Crippen molar-refractivity contribution in [3.8, 4) is 0 Å². The van der Waals surface area contributed by atoms with Gasteiger partial charge in [-0.15, -0.1) is 0 Å². The van der Waals surface area contributed by atoms with Gasteiger partial charge in [0, 0.05) is 10.5 Å². The summed E-state index contributed by atoms with van der Waals surface area (Å²) in [5, 5.41) is 2.74. The summed E-state index contributed by atoms with van der Waals surface area (Å²) in [6.45, 7) is 1.86. The molecule has 0 spiro atoms. The van der Waals surface area contributed by atoms with E-state index in [1.54, 1.807) is 12.1 Å². The normalized spacial score (nSPS) is 22.9. The van der Waals surface area contributed by atoms with Gasteiger partial charge < -0.3 is 5.32 Å². The molecule has 2 rings (SSSR count). The van der Waals surface area contributed by atoms with Gasteiger partial charge in [0.2, 0.25) is 0 Å². The first-order valence-corrected chi connectivity index (χ1v) is 7.70. The Morgan fingerprint density at radius 1 is 1.33 bits per heavy atom. The third kappa shape index (κ3) is 4.22. The molecule has 1 aliphatic carbocycles. The molecule has 0 bridgehead atoms. The van der Waals surface area contributed by atoms with Crippen LogP contribution in [0.5, 0.6) is 0 Å². The molecule has 1 N–H and O–H groups in total. The average molecular weight is 364 g/mol. The van der Waals surface area contributed by atoms with Crippen molar-refractivity contribution in [1.29, 1.82) is 0 Å². The van der Waals surface area contributed by atoms with E-state index in [0.29, 0.717) is 22.9 Å². The SMILES string of the molecule is Cc1ccc(Br)c(C(=O)NC2CCCC(C(F)(F)F)C2)c1. The average Bonchev–Trinajstić information content (AvgIpc) is 2.41. The lowest BCUT2D eigenvalue weighted by molar-refractivity contribution is -0.183. The Kier molecular flexibility index (Phi) is 4.96. The molecule has 0 radical (unpaired) electrons. The smallest absolute Gasteiger partial charge is 0.349 e. The molecule has 0 aromatic heterocycles. The first-order chi connectivity index (χ1) is 9.77. The van der Waals surface area contributed by atoms with Gasteiger partial charge in [-0.1, -0.05) is 18.1 Å². The fraction of sp³-hybridized carbons (Fsp3) is 0.533. The highest BCUT2D eigenvalue weighted by Gasteiger charge is 2.42. The summed E-state index contributed by atoms with van der Waals surface area (Å²) in [5.41, 5.74) is 1.39. The summed E-state index contributed by atoms with van der Waals surface area (Å²) in [6.07, 6.45) is -2.96. The largest absolute Gasteiger partial charge is 0.391 e. The van der Waals surface area contributed by atoms with E-state index in [-0.39, 0.29) is 18.7 Å². The molecule has 21 heavy (non-hydrogen) atoms. The van der Waals surface area contributed by atoms with Crippen LogP contribution >= 0.6 is 15.9 Å². The van der Waals surface area contributed by atoms with Crippen molar-refractivity contribution in [3.05, 3.63) is 33.8 Å². The van der Waals surface area contributed by atoms with Gasteiger partial charge in [-0.3, -0.25) is 4.79 Å². The van der Waals surface area contributed by atoms with Crippen LogP contribution in [0.4, 0.5) is 13.2 Å². The minimum Gasteiger partial charge on any atom is -0.349 e. The molecule has 2 unspecified atom stereocenters. The van der Waals surface area contributed by atoms with E-state index in [2.05, 4.69) is 21.2 Å². The molecule has 1 aromatic carbocycles. The predicted octanol–water partition coefficient (Wildman–Crippen LogP) is 4.61. The molecule has 1 fully saturated rings. The molecule has 0 aliphatic heterocycles. The van der Waals surface area contributed by atoms with E-state index in [1.807, 2.05) is 13.0 Å². The van der Waals surface area contributed by atoms with Gasteiger partial charge in [0.25, 0.3) is 5.91 Å². The summed E-state index contributed by atoms with van der Waals surface area (Å²) in [7, 11) is 0. The fourth-order valence-electron chi connectivity index (χ4n) is 2.69. The van der Waals surface area contributed by atoms with Gasteiger partial charge in [-0.25, -0.2) is 0 Å². The second kappa shape index (κ2) is 6.38. The Morgan fingerprint density at radius 3 is 2.71 bits per heavy atom. The topological polar surface area (TPSA) is 29.1 Å². The maximum Gasteiger partial charge on any atom is 0.391 e. The van der Waals surface area contributed by atoms with Crippen molar-refractivity contribution in [1.82, 2.24) is 5.32 Å². The van der Waals surface area contributed by atoms with E-state index in [1.165, 1.54) is 0 Å². The number of hydrogen-bond donors (Lipinski definition) is 1. The highest BCUT2D eigenvalue weighted by Crippen LogP contribution is 2.37. The minimum atomic E-state index is -4.17. The number of amides is 1. The molecular weight excluding hydrogens is 347 g/mol. The number of benzene rings is 1. The number of aryl methyl sites for hydroxylation is 1. The lowest BCUT2D eigenvalue weighted by atomic mass is 9.85. The van der Waals surface area contributed by atoms with Gasteiger partial charge in [-0.2, -0.15) is 13.2 Å². The van der Waals surface area contributed by atoms with Crippen molar-refractivity contribution in [2.24, 2.45) is 5.92 Å². The van der Waals surface area contributed by atoms with Crippen LogP contribution in [-0.4, -0.2) is 18.1 Å². The van der Waals surface area contributed by atoms with Crippen molar-refractivity contribution in [3.63, 3.8) is 0 Å². The number of nitrogens with one attached hydrogen (secondary N) is 1. The second-order valence-corrected chi connectivity index (χ2v) is 6.41. The van der Waals surface area contributed by atoms with E-state index >= 15 is 0 Å². The molecule has 1 saturated carbocycles. The number of carbonyl (C=O) groups is 1. The monoisotopic (exact) mass is 363 g/mol. The lowest BCUT2D eigenvalue weighted by Crippen LogP contribution is -2.41. The first-order valence-electron chi connectivity index (χ1n) is 6.91. The Labute approximate surface area is 130 Å². The highest BCUT2D eigenvalue weighted by molar-refractivity contribution is 9.10. The van der Waals surface area contributed by atoms with E-state index in [9.17, 15) is 18.0 Å². The summed E-state index contributed by atoms with van der Waals surface area (Å²) in [5.74, 6) is -1.63. The zero-order chi connectivity index (χ0) is 15.6. The third-order valence-corrected chi connectivity index (χ3v) is 4.53. The molecule has 0 heterocycles. The molecule has 0 saturated heterocycles. The third-order valence-electron chi connectivity index (χ3n) is 3.84. The van der Waals surface area contributed by atoms with Gasteiger partial charge in [0.1, 0.15) is 0 Å². The molecule has 1 aliphatic rings. The zero-order valence-electron chi connectivity index (χ0n) is 11.6. The van der Waals surface area contributed by atoms with Crippen LogP contribution in [0.25, 0.3) is 0 Å². The van der Waals surface area contributed by atoms with Crippen molar-refractivity contribution in [2.75, 3.05) is 0 Å². The Morgan fingerprint density at radius 2 is 2.05 bits per heavy atom. The van der Waals surface area contributed by atoms with Crippen molar-refractivity contribution in [2.45, 2.75) is 44.8 Å². The van der Waals surface area contributed by atoms with E-state index in [0.717, 1.165) is 5.56 Å². The summed E-state index contributed by atoms with van der Waals surface area (Å²) in [6, 6.07) is 4.94. The fourth-order valence-corrected chi connectivity index (χ4v) is 3.12. The molecular formula is C15H17BrF3NO. The molecule has 1 aromatic rings. The summed E-state index contributed by atoms with van der Waals surface area (Å²) < 4.78 is 39.0. The maximum absolute atomic E-state index is 12.8. The Hall–Kier alpha value is -1.04. The number of alkyl halides is 3. The predicted molar refractivity (Wildman–Crippen MR) is 78.1 cm³/mol. The molecule has 6 heteroatoms. The number of carbonyl (C=O) groups excluding carboxylic acids is 1. The van der Waals surface area contributed by atoms with Crippen LogP contribution in [0, 0.1) is 12.8 Å². The Balaban J connectivity index is 2.04. The van der Waals surface area contributed by atoms with Crippen molar-refractivity contribution < 1.29 is 18.0 Å². The lowest BCUT2D eigenvalue weighted by Gasteiger charge is -2.31. The summed E-state index contributed by atoms with van der Waals surface area (Å²) in [4.78, 5) is 12.2. The highest BCUT2D eigenvalue weighted by atomic mass is 79.9. The van der Waals surface area contributed by atoms with Crippen LogP contribution in [0.1, 0.15) is 41.6 Å². The van der Waals surface area contributed by atoms with Gasteiger partial charge in [0.05, 0.1) is 11.5 Å². The Bertz CT molecular complexity index is 530. The van der Waals surface area contributed by atoms with E-state index < -0.39 is 18.1 Å². The quantitative estimate of drug-likeness (QED) is 0.816. The van der Waals surface area contributed by atoms with Crippen LogP contribution in [-0.2, 0) is 0 Å². The molecule has 2 atom stereocenters. The van der Waals surface area contributed by atoms with Crippen LogP contribution < -0.4 is 5.32 Å². The number of hydrogen-bond acceptors (Lipinski definition) is 1. The molecule has 2 nitrogen and oxygen atoms in total. The summed E-state index contributed by atoms with van der Waals surface area (Å²) >= 11 is 3.30. The maximum atomic E-state index is 12.8. The molecule has 1 amide bonds. The van der Waals surface area contributed by atoms with Gasteiger partial charge in [-0.05, 0) is 54.2 Å². The van der Waals surface area contributed by atoms with Gasteiger partial charge >= 0.3 is 6.18 Å². The second-order valence-electron chi connectivity index (χ2n) is 5.56. The number of halogens is 4. The van der Waals surface area contributed by atoms with Crippen molar-refractivity contribution >= 4 is 21.8 Å². The van der Waals surface area contributed by atoms with Crippen LogP contribution in [0.3, 0.4) is 0 Å². The first kappa shape index (κ1) is 16.3.